The first-order chi connectivity index (χ1) is 34.4. The van der Waals surface area contributed by atoms with E-state index in [2.05, 4.69) is 245 Å². The molecule has 4 N–H and O–H groups in total. The van der Waals surface area contributed by atoms with Crippen molar-refractivity contribution in [1.82, 2.24) is 0 Å². The lowest BCUT2D eigenvalue weighted by atomic mass is 9.62. The molecule has 0 aliphatic heterocycles. The minimum atomic E-state index is -3.00. The van der Waals surface area contributed by atoms with Crippen molar-refractivity contribution in [1.29, 1.82) is 0 Å². The highest BCUT2D eigenvalue weighted by atomic mass is 31.2. The quantitative estimate of drug-likeness (QED) is 0.131. The fraction of sp³-hybridized carbons (Fsp3) is 0.500. The van der Waals surface area contributed by atoms with Gasteiger partial charge in [-0.1, -0.05) is 245 Å². The Morgan fingerprint density at radius 1 is 0.382 bits per heavy atom. The largest absolute Gasteiger partial charge is 0.427 e. The predicted molar refractivity (Wildman–Crippen MR) is 326 cm³/mol. The van der Waals surface area contributed by atoms with Gasteiger partial charge in [-0.2, -0.15) is 0 Å². The molecule has 1 atom stereocenters. The second-order valence-electron chi connectivity index (χ2n) is 29.8. The van der Waals surface area contributed by atoms with Crippen LogP contribution in [0.15, 0.2) is 114 Å². The smallest absolute Gasteiger partial charge is 0.391 e. The Hall–Kier alpha value is -4.12. The van der Waals surface area contributed by atoms with Crippen LogP contribution in [0, 0.1) is 0 Å². The first-order valence-electron chi connectivity index (χ1n) is 27.4. The second kappa shape index (κ2) is 21.2. The zero-order valence-corrected chi connectivity index (χ0v) is 52.7. The molecule has 8 heteroatoms. The number of hydrogen-bond acceptors (Lipinski definition) is 6. The highest BCUT2D eigenvalue weighted by molar-refractivity contribution is 7.39. The molecule has 2 aliphatic rings. The average Bonchev–Trinajstić information content (AvgIpc) is 3.25. The van der Waals surface area contributed by atoms with Gasteiger partial charge in [0.25, 0.3) is 0 Å². The summed E-state index contributed by atoms with van der Waals surface area (Å²) in [5.74, 6) is 0.271. The lowest BCUT2D eigenvalue weighted by Gasteiger charge is -2.42. The number of allylic oxidation sites excluding steroid dienone is 8. The van der Waals surface area contributed by atoms with Crippen LogP contribution in [0.2, 0.25) is 0 Å². The van der Waals surface area contributed by atoms with Crippen LogP contribution in [0.25, 0.3) is 16.7 Å². The molecule has 0 radical (unpaired) electrons. The summed E-state index contributed by atoms with van der Waals surface area (Å²) in [7, 11) is -5.66. The van der Waals surface area contributed by atoms with E-state index in [1.165, 1.54) is 27.8 Å². The normalized spacial score (nSPS) is 17.8. The van der Waals surface area contributed by atoms with Crippen LogP contribution < -0.4 is 0 Å². The SMILES string of the molecule is CC(C)(C)c1ccc(C2=C(c3ccc(C(C)(C)C)cc3C(C)(C)C)C(=C3C=CC(OP(O)O)=CC3)C(c3ccc(C(C)(C)C)cc3C(C)(C)C)C(c3ccc(C(C)(C)C)cc3C(C)(C)C)=C2OP(O)O)c(C(C)(C)C)c1. The number of hydrogen-bond donors (Lipinski definition) is 4. The summed E-state index contributed by atoms with van der Waals surface area (Å²) in [4.78, 5) is 43.9. The molecule has 412 valence electrons. The van der Waals surface area contributed by atoms with E-state index in [0.717, 1.165) is 66.8 Å². The van der Waals surface area contributed by atoms with Crippen LogP contribution >= 0.6 is 17.2 Å². The fourth-order valence-corrected chi connectivity index (χ4v) is 11.5. The van der Waals surface area contributed by atoms with Crippen LogP contribution in [0.1, 0.15) is 245 Å². The Labute approximate surface area is 462 Å². The highest BCUT2D eigenvalue weighted by Gasteiger charge is 2.45. The molecular formula is C68H94O6P2. The van der Waals surface area contributed by atoms with Crippen LogP contribution in [0.4, 0.5) is 0 Å². The van der Waals surface area contributed by atoms with E-state index < -0.39 is 28.5 Å². The third kappa shape index (κ3) is 13.3. The molecule has 0 fully saturated rings. The first-order valence-corrected chi connectivity index (χ1v) is 29.7. The van der Waals surface area contributed by atoms with Gasteiger partial charge in [0.15, 0.2) is 0 Å². The van der Waals surface area contributed by atoms with E-state index in [1.54, 1.807) is 0 Å². The molecule has 6 rings (SSSR count). The molecule has 4 aromatic carbocycles. The molecule has 0 saturated heterocycles. The lowest BCUT2D eigenvalue weighted by Crippen LogP contribution is -2.27. The molecule has 0 spiro atoms. The summed E-state index contributed by atoms with van der Waals surface area (Å²) in [6.07, 6.45) is 6.32. The topological polar surface area (TPSA) is 99.4 Å². The molecule has 1 unspecified atom stereocenters. The molecule has 0 heterocycles. The molecule has 0 aromatic heterocycles. The Kier molecular flexibility index (Phi) is 17.0. The van der Waals surface area contributed by atoms with Gasteiger partial charge in [-0.15, -0.1) is 0 Å². The predicted octanol–water partition coefficient (Wildman–Crippen LogP) is 18.8. The van der Waals surface area contributed by atoms with Crippen molar-refractivity contribution in [3.8, 4) is 0 Å². The Balaban J connectivity index is 2.13. The molecule has 6 nitrogen and oxygen atoms in total. The molecule has 76 heavy (non-hydrogen) atoms. The van der Waals surface area contributed by atoms with Gasteiger partial charge in [-0.3, -0.25) is 0 Å². The fourth-order valence-electron chi connectivity index (χ4n) is 10.8. The first kappa shape index (κ1) is 61.1. The van der Waals surface area contributed by atoms with Gasteiger partial charge >= 0.3 is 17.2 Å². The standard InChI is InChI=1S/C68H94O6P2/c1-61(2,3)42-27-33-47(51(37-42)65(13,14)15)56-55(41-25-31-46(32-26-41)73-75(69)70)57(48-34-28-43(62(4,5)6)38-52(48)66(16,17)18)59(50-36-30-45(64(10,11)12)40-54(50)68(22,23)24)60(74-76(71)72)58(56)49-35-29-44(63(7,8)9)39-53(49)67(19,20)21/h25,27-40,56,69-72H,26H2,1-24H3. The van der Waals surface area contributed by atoms with Gasteiger partial charge in [0.1, 0.15) is 11.5 Å². The lowest BCUT2D eigenvalue weighted by molar-refractivity contribution is 0.325. The van der Waals surface area contributed by atoms with Gasteiger partial charge in [0.05, 0.1) is 0 Å². The number of benzene rings is 4. The van der Waals surface area contributed by atoms with Crippen molar-refractivity contribution in [2.75, 3.05) is 0 Å². The van der Waals surface area contributed by atoms with Crippen LogP contribution in [-0.4, -0.2) is 19.6 Å². The maximum Gasteiger partial charge on any atom is 0.391 e. The zero-order valence-electron chi connectivity index (χ0n) is 50.9. The van der Waals surface area contributed by atoms with E-state index in [4.69, 9.17) is 9.05 Å². The summed E-state index contributed by atoms with van der Waals surface area (Å²) in [5.41, 5.74) is 15.9. The van der Waals surface area contributed by atoms with E-state index in [0.29, 0.717) is 17.9 Å². The Morgan fingerprint density at radius 2 is 0.737 bits per heavy atom. The Bertz CT molecular complexity index is 3010. The highest BCUT2D eigenvalue weighted by Crippen LogP contribution is 2.62. The van der Waals surface area contributed by atoms with Crippen molar-refractivity contribution in [2.45, 2.75) is 222 Å². The summed E-state index contributed by atoms with van der Waals surface area (Å²) < 4.78 is 12.7. The maximum atomic E-state index is 11.8. The number of rotatable bonds is 8. The molecule has 0 amide bonds. The Morgan fingerprint density at radius 3 is 1.09 bits per heavy atom. The van der Waals surface area contributed by atoms with E-state index >= 15 is 0 Å². The van der Waals surface area contributed by atoms with Gasteiger partial charge in [0.2, 0.25) is 0 Å². The van der Waals surface area contributed by atoms with Crippen LogP contribution in [-0.2, 0) is 52.4 Å². The summed E-state index contributed by atoms with van der Waals surface area (Å²) in [6.45, 7) is 54.4. The van der Waals surface area contributed by atoms with Gasteiger partial charge in [0, 0.05) is 17.1 Å². The van der Waals surface area contributed by atoms with Crippen LogP contribution in [0.5, 0.6) is 0 Å². The molecule has 4 aromatic rings. The van der Waals surface area contributed by atoms with E-state index in [-0.39, 0.29) is 37.9 Å². The third-order valence-corrected chi connectivity index (χ3v) is 15.9. The summed E-state index contributed by atoms with van der Waals surface area (Å²) >= 11 is 0. The monoisotopic (exact) mass is 1070 g/mol. The maximum absolute atomic E-state index is 11.8. The van der Waals surface area contributed by atoms with Crippen molar-refractivity contribution in [2.24, 2.45) is 0 Å². The second-order valence-corrected chi connectivity index (χ2v) is 31.2. The summed E-state index contributed by atoms with van der Waals surface area (Å²) in [5, 5.41) is 0. The third-order valence-electron chi connectivity index (χ3n) is 15.2. The average molecular weight is 1070 g/mol. The van der Waals surface area contributed by atoms with E-state index in [9.17, 15) is 19.6 Å². The van der Waals surface area contributed by atoms with Gasteiger partial charge < -0.3 is 28.6 Å². The van der Waals surface area contributed by atoms with Crippen molar-refractivity contribution in [3.63, 3.8) is 0 Å². The van der Waals surface area contributed by atoms with Gasteiger partial charge in [-0.05, 0) is 145 Å². The molecule has 2 aliphatic carbocycles. The molecule has 0 bridgehead atoms. The van der Waals surface area contributed by atoms with Crippen molar-refractivity contribution >= 4 is 33.9 Å². The van der Waals surface area contributed by atoms with E-state index in [1.807, 2.05) is 12.2 Å². The minimum Gasteiger partial charge on any atom is -0.427 e. The zero-order chi connectivity index (χ0) is 57.4. The van der Waals surface area contributed by atoms with Crippen LogP contribution in [0.3, 0.4) is 0 Å². The van der Waals surface area contributed by atoms with Crippen molar-refractivity contribution in [3.05, 3.63) is 180 Å². The van der Waals surface area contributed by atoms with Gasteiger partial charge in [-0.25, -0.2) is 0 Å². The summed E-state index contributed by atoms with van der Waals surface area (Å²) in [6, 6.07) is 27.8. The molecule has 0 saturated carbocycles. The van der Waals surface area contributed by atoms with Crippen molar-refractivity contribution < 1.29 is 28.6 Å². The minimum absolute atomic E-state index is 0.158. The molecular weight excluding hydrogens is 975 g/mol.